The first-order chi connectivity index (χ1) is 12.8. The molecule has 148 valence electrons. The molecule has 0 bridgehead atoms. The summed E-state index contributed by atoms with van der Waals surface area (Å²) >= 11 is 1.20. The minimum absolute atomic E-state index is 0.197. The van der Waals surface area contributed by atoms with Gasteiger partial charge in [-0.2, -0.15) is 4.31 Å². The number of nitrogens with one attached hydrogen (secondary N) is 1. The van der Waals surface area contributed by atoms with E-state index < -0.39 is 10.0 Å². The van der Waals surface area contributed by atoms with Gasteiger partial charge in [0.05, 0.1) is 6.54 Å². The molecule has 1 aromatic heterocycles. The number of nitrogens with zero attached hydrogens (tertiary/aromatic N) is 2. The third-order valence-corrected chi connectivity index (χ3v) is 7.84. The minimum Gasteiger partial charge on any atom is -0.333 e. The summed E-state index contributed by atoms with van der Waals surface area (Å²) in [4.78, 5) is 14.7. The summed E-state index contributed by atoms with van der Waals surface area (Å²) in [5, 5.41) is 2.84. The number of rotatable bonds is 8. The van der Waals surface area contributed by atoms with E-state index in [1.165, 1.54) is 21.2 Å². The maximum absolute atomic E-state index is 12.5. The van der Waals surface area contributed by atoms with E-state index >= 15 is 0 Å². The molecule has 8 heteroatoms. The quantitative estimate of drug-likeness (QED) is 0.726. The van der Waals surface area contributed by atoms with Crippen LogP contribution in [0.3, 0.4) is 0 Å². The van der Waals surface area contributed by atoms with E-state index in [4.69, 9.17) is 0 Å². The Hall–Kier alpha value is -1.90. The van der Waals surface area contributed by atoms with Crippen molar-refractivity contribution in [3.8, 4) is 0 Å². The van der Waals surface area contributed by atoms with Crippen LogP contribution in [0.1, 0.15) is 29.9 Å². The Balaban J connectivity index is 1.93. The van der Waals surface area contributed by atoms with Crippen LogP contribution in [0.25, 0.3) is 0 Å². The highest BCUT2D eigenvalue weighted by molar-refractivity contribution is 7.91. The molecule has 0 saturated heterocycles. The molecule has 2 rings (SSSR count). The molecule has 27 heavy (non-hydrogen) atoms. The van der Waals surface area contributed by atoms with E-state index in [1.807, 2.05) is 45.0 Å². The molecule has 2 aromatic rings. The summed E-state index contributed by atoms with van der Waals surface area (Å²) in [6.07, 6.45) is 0. The first kappa shape index (κ1) is 21.4. The van der Waals surface area contributed by atoms with E-state index in [2.05, 4.69) is 5.32 Å². The van der Waals surface area contributed by atoms with Crippen LogP contribution in [0.2, 0.25) is 0 Å². The molecule has 0 saturated carbocycles. The monoisotopic (exact) mass is 409 g/mol. The Bertz CT molecular complexity index is 857. The summed E-state index contributed by atoms with van der Waals surface area (Å²) in [6, 6.07) is 11.2. The third kappa shape index (κ3) is 5.54. The van der Waals surface area contributed by atoms with Crippen LogP contribution in [0, 0.1) is 6.92 Å². The van der Waals surface area contributed by atoms with E-state index in [-0.39, 0.29) is 6.03 Å². The second-order valence-corrected chi connectivity index (χ2v) is 9.64. The molecule has 0 unspecified atom stereocenters. The fourth-order valence-corrected chi connectivity index (χ4v) is 5.53. The Morgan fingerprint density at radius 1 is 1.07 bits per heavy atom. The summed E-state index contributed by atoms with van der Waals surface area (Å²) in [5.74, 6) is 0. The predicted molar refractivity (Wildman–Crippen MR) is 109 cm³/mol. The summed E-state index contributed by atoms with van der Waals surface area (Å²) in [6.45, 7) is 7.35. The average Bonchev–Trinajstić information content (AvgIpc) is 3.12. The van der Waals surface area contributed by atoms with Crippen LogP contribution >= 0.6 is 11.3 Å². The van der Waals surface area contributed by atoms with Crippen LogP contribution in [0.4, 0.5) is 4.79 Å². The number of amides is 2. The highest BCUT2D eigenvalue weighted by Crippen LogP contribution is 2.24. The molecule has 1 N–H and O–H groups in total. The van der Waals surface area contributed by atoms with Gasteiger partial charge in [-0.3, -0.25) is 0 Å². The zero-order chi connectivity index (χ0) is 20.0. The van der Waals surface area contributed by atoms with E-state index in [0.717, 1.165) is 10.4 Å². The number of hydrogen-bond acceptors (Lipinski definition) is 4. The van der Waals surface area contributed by atoms with E-state index in [9.17, 15) is 13.2 Å². The van der Waals surface area contributed by atoms with E-state index in [1.54, 1.807) is 24.1 Å². The number of hydrogen-bond donors (Lipinski definition) is 1. The molecule has 0 fully saturated rings. The van der Waals surface area contributed by atoms with Gasteiger partial charge in [0, 0.05) is 31.6 Å². The molecule has 0 radical (unpaired) electrons. The molecule has 0 atom stereocenters. The van der Waals surface area contributed by atoms with Crippen molar-refractivity contribution in [3.63, 3.8) is 0 Å². The van der Waals surface area contributed by atoms with Gasteiger partial charge in [-0.15, -0.1) is 11.3 Å². The SMILES string of the molecule is CCN(CC)S(=O)(=O)c1ccc(CNC(=O)N(C)Cc2ccc(C)cc2)s1. The Kier molecular flexibility index (Phi) is 7.41. The maximum Gasteiger partial charge on any atom is 0.317 e. The van der Waals surface area contributed by atoms with Crippen molar-refractivity contribution in [2.75, 3.05) is 20.1 Å². The predicted octanol–water partition coefficient (Wildman–Crippen LogP) is 3.43. The normalized spacial score (nSPS) is 11.6. The molecule has 1 aromatic carbocycles. The molecule has 1 heterocycles. The smallest absolute Gasteiger partial charge is 0.317 e. The van der Waals surface area contributed by atoms with Crippen molar-refractivity contribution >= 4 is 27.4 Å². The van der Waals surface area contributed by atoms with Crippen LogP contribution in [-0.4, -0.2) is 43.8 Å². The second-order valence-electron chi connectivity index (χ2n) is 6.31. The number of benzene rings is 1. The lowest BCUT2D eigenvalue weighted by Crippen LogP contribution is -2.36. The van der Waals surface area contributed by atoms with Crippen LogP contribution in [0.15, 0.2) is 40.6 Å². The van der Waals surface area contributed by atoms with Crippen molar-refractivity contribution in [1.82, 2.24) is 14.5 Å². The highest BCUT2D eigenvalue weighted by atomic mass is 32.2. The van der Waals surface area contributed by atoms with Gasteiger partial charge in [0.15, 0.2) is 0 Å². The minimum atomic E-state index is -3.45. The van der Waals surface area contributed by atoms with Crippen molar-refractivity contribution in [2.45, 2.75) is 38.1 Å². The van der Waals surface area contributed by atoms with Gasteiger partial charge >= 0.3 is 6.03 Å². The van der Waals surface area contributed by atoms with Crippen molar-refractivity contribution in [2.24, 2.45) is 0 Å². The van der Waals surface area contributed by atoms with Gasteiger partial charge in [-0.1, -0.05) is 43.7 Å². The lowest BCUT2D eigenvalue weighted by Gasteiger charge is -2.18. The van der Waals surface area contributed by atoms with Crippen molar-refractivity contribution in [3.05, 3.63) is 52.4 Å². The van der Waals surface area contributed by atoms with Crippen molar-refractivity contribution < 1.29 is 13.2 Å². The maximum atomic E-state index is 12.5. The number of sulfonamides is 1. The summed E-state index contributed by atoms with van der Waals surface area (Å²) in [7, 11) is -1.71. The lowest BCUT2D eigenvalue weighted by molar-refractivity contribution is 0.206. The fraction of sp³-hybridized carbons (Fsp3) is 0.421. The number of aryl methyl sites for hydroxylation is 1. The zero-order valence-electron chi connectivity index (χ0n) is 16.2. The number of urea groups is 1. The highest BCUT2D eigenvalue weighted by Gasteiger charge is 2.23. The molecular weight excluding hydrogens is 382 g/mol. The second kappa shape index (κ2) is 9.34. The van der Waals surface area contributed by atoms with Crippen LogP contribution in [0.5, 0.6) is 0 Å². The first-order valence-electron chi connectivity index (χ1n) is 8.91. The van der Waals surface area contributed by atoms with Gasteiger partial charge in [0.2, 0.25) is 0 Å². The van der Waals surface area contributed by atoms with Gasteiger partial charge in [-0.05, 0) is 24.6 Å². The van der Waals surface area contributed by atoms with Crippen molar-refractivity contribution in [1.29, 1.82) is 0 Å². The Labute approximate surface area is 165 Å². The summed E-state index contributed by atoms with van der Waals surface area (Å²) in [5.41, 5.74) is 2.24. The Morgan fingerprint density at radius 3 is 2.30 bits per heavy atom. The molecular formula is C19H27N3O3S2. The Morgan fingerprint density at radius 2 is 1.70 bits per heavy atom. The number of carbonyl (C=O) groups is 1. The third-order valence-electron chi connectivity index (χ3n) is 4.24. The molecule has 0 aliphatic carbocycles. The van der Waals surface area contributed by atoms with Crippen LogP contribution in [-0.2, 0) is 23.1 Å². The lowest BCUT2D eigenvalue weighted by atomic mass is 10.1. The molecule has 0 spiro atoms. The van der Waals surface area contributed by atoms with Gasteiger partial charge in [0.25, 0.3) is 10.0 Å². The first-order valence-corrected chi connectivity index (χ1v) is 11.2. The zero-order valence-corrected chi connectivity index (χ0v) is 17.9. The van der Waals surface area contributed by atoms with Crippen LogP contribution < -0.4 is 5.32 Å². The molecule has 0 aliphatic rings. The van der Waals surface area contributed by atoms with Gasteiger partial charge in [-0.25, -0.2) is 13.2 Å². The standard InChI is InChI=1S/C19H27N3O3S2/c1-5-22(6-2)27(24,25)18-12-11-17(26-18)13-20-19(23)21(4)14-16-9-7-15(3)8-10-16/h7-12H,5-6,13-14H2,1-4H3,(H,20,23). The fourth-order valence-electron chi connectivity index (χ4n) is 2.62. The number of carbonyl (C=O) groups excluding carboxylic acids is 1. The average molecular weight is 410 g/mol. The van der Waals surface area contributed by atoms with E-state index in [0.29, 0.717) is 30.4 Å². The molecule has 6 nitrogen and oxygen atoms in total. The topological polar surface area (TPSA) is 69.7 Å². The summed E-state index contributed by atoms with van der Waals surface area (Å²) < 4.78 is 26.8. The largest absolute Gasteiger partial charge is 0.333 e. The molecule has 2 amide bonds. The van der Waals surface area contributed by atoms with Gasteiger partial charge in [0.1, 0.15) is 4.21 Å². The van der Waals surface area contributed by atoms with Gasteiger partial charge < -0.3 is 10.2 Å². The number of thiophene rings is 1. The molecule has 0 aliphatic heterocycles.